The summed E-state index contributed by atoms with van der Waals surface area (Å²) < 4.78 is 5.36. The number of carbonyl (C=O) groups is 1. The third kappa shape index (κ3) is 2.26. The predicted octanol–water partition coefficient (Wildman–Crippen LogP) is 1.23. The highest BCUT2D eigenvalue weighted by molar-refractivity contribution is 5.98. The first-order valence-electron chi connectivity index (χ1n) is 6.11. The molecule has 1 atom stereocenters. The first-order chi connectivity index (χ1) is 8.65. The largest absolute Gasteiger partial charge is 0.505 e. The summed E-state index contributed by atoms with van der Waals surface area (Å²) in [6, 6.07) is 4.90. The van der Waals surface area contributed by atoms with Gasteiger partial charge in [0.15, 0.2) is 5.75 Å². The Hall–Kier alpha value is -1.75. The van der Waals surface area contributed by atoms with Crippen molar-refractivity contribution >= 4 is 11.6 Å². The van der Waals surface area contributed by atoms with Gasteiger partial charge in [-0.25, -0.2) is 0 Å². The van der Waals surface area contributed by atoms with E-state index in [0.29, 0.717) is 19.8 Å². The molecule has 1 fully saturated rings. The van der Waals surface area contributed by atoms with Crippen LogP contribution in [0.25, 0.3) is 0 Å². The van der Waals surface area contributed by atoms with Crippen LogP contribution in [-0.2, 0) is 4.74 Å². The van der Waals surface area contributed by atoms with E-state index >= 15 is 0 Å². The summed E-state index contributed by atoms with van der Waals surface area (Å²) in [7, 11) is 0. The Kier molecular flexibility index (Phi) is 3.72. The summed E-state index contributed by atoms with van der Waals surface area (Å²) >= 11 is 0. The van der Waals surface area contributed by atoms with Gasteiger partial charge in [0.05, 0.1) is 30.5 Å². The number of hydrogen-bond acceptors (Lipinski definition) is 4. The average molecular weight is 250 g/mol. The molecule has 1 aliphatic heterocycles. The molecule has 1 aromatic rings. The fourth-order valence-corrected chi connectivity index (χ4v) is 2.15. The van der Waals surface area contributed by atoms with Gasteiger partial charge in [0.2, 0.25) is 0 Å². The van der Waals surface area contributed by atoms with Crippen molar-refractivity contribution in [2.75, 3.05) is 25.5 Å². The number of phenols is 1. The van der Waals surface area contributed by atoms with Crippen LogP contribution < -0.4 is 5.73 Å². The number of para-hydroxylation sites is 1. The highest BCUT2D eigenvalue weighted by Crippen LogP contribution is 2.27. The van der Waals surface area contributed by atoms with Gasteiger partial charge >= 0.3 is 0 Å². The fraction of sp³-hybridized carbons (Fsp3) is 0.462. The number of aromatic hydroxyl groups is 1. The van der Waals surface area contributed by atoms with Crippen molar-refractivity contribution in [2.24, 2.45) is 0 Å². The molecule has 1 heterocycles. The number of ether oxygens (including phenoxy) is 1. The molecule has 5 nitrogen and oxygen atoms in total. The number of phenolic OH excluding ortho intramolecular Hbond substituents is 1. The van der Waals surface area contributed by atoms with E-state index in [1.807, 2.05) is 6.92 Å². The second kappa shape index (κ2) is 5.27. The van der Waals surface area contributed by atoms with Crippen LogP contribution >= 0.6 is 0 Å². The minimum absolute atomic E-state index is 0.0621. The zero-order chi connectivity index (χ0) is 13.1. The SMILES string of the molecule is CCC1COCCN1C(=O)c1cccc(N)c1O. The zero-order valence-corrected chi connectivity index (χ0v) is 10.4. The molecular weight excluding hydrogens is 232 g/mol. The molecule has 0 aliphatic carbocycles. The van der Waals surface area contributed by atoms with Gasteiger partial charge in [0.1, 0.15) is 0 Å². The number of hydrogen-bond donors (Lipinski definition) is 2. The van der Waals surface area contributed by atoms with Crippen LogP contribution in [0.5, 0.6) is 5.75 Å². The lowest BCUT2D eigenvalue weighted by atomic mass is 10.1. The van der Waals surface area contributed by atoms with Gasteiger partial charge in [-0.2, -0.15) is 0 Å². The molecule has 3 N–H and O–H groups in total. The Balaban J connectivity index is 2.27. The van der Waals surface area contributed by atoms with E-state index in [1.54, 1.807) is 23.1 Å². The van der Waals surface area contributed by atoms with Crippen molar-refractivity contribution in [3.8, 4) is 5.75 Å². The summed E-state index contributed by atoms with van der Waals surface area (Å²) in [5, 5.41) is 9.85. The summed E-state index contributed by atoms with van der Waals surface area (Å²) in [5.74, 6) is -0.321. The first-order valence-corrected chi connectivity index (χ1v) is 6.11. The molecule has 1 aromatic carbocycles. The monoisotopic (exact) mass is 250 g/mol. The molecule has 1 amide bonds. The molecule has 0 spiro atoms. The van der Waals surface area contributed by atoms with Crippen LogP contribution in [-0.4, -0.2) is 41.7 Å². The molecule has 98 valence electrons. The Labute approximate surface area is 106 Å². The van der Waals surface area contributed by atoms with E-state index in [9.17, 15) is 9.90 Å². The maximum Gasteiger partial charge on any atom is 0.258 e. The fourth-order valence-electron chi connectivity index (χ4n) is 2.15. The van der Waals surface area contributed by atoms with Crippen molar-refractivity contribution in [1.29, 1.82) is 0 Å². The van der Waals surface area contributed by atoms with Crippen LogP contribution in [0.1, 0.15) is 23.7 Å². The van der Waals surface area contributed by atoms with E-state index in [-0.39, 0.29) is 28.9 Å². The summed E-state index contributed by atoms with van der Waals surface area (Å²) in [6.45, 7) is 3.64. The topological polar surface area (TPSA) is 75.8 Å². The van der Waals surface area contributed by atoms with Gasteiger partial charge in [0, 0.05) is 6.54 Å². The van der Waals surface area contributed by atoms with Gasteiger partial charge in [-0.15, -0.1) is 0 Å². The van der Waals surface area contributed by atoms with E-state index < -0.39 is 0 Å². The standard InChI is InChI=1S/C13H18N2O3/c1-2-9-8-18-7-6-15(9)13(17)10-4-3-5-11(14)12(10)16/h3-5,9,16H,2,6-8,14H2,1H3. The number of nitrogens with two attached hydrogens (primary N) is 1. The molecular formula is C13H18N2O3. The van der Waals surface area contributed by atoms with Gasteiger partial charge in [0.25, 0.3) is 5.91 Å². The van der Waals surface area contributed by atoms with Gasteiger partial charge in [-0.1, -0.05) is 13.0 Å². The Morgan fingerprint density at radius 1 is 1.61 bits per heavy atom. The lowest BCUT2D eigenvalue weighted by Crippen LogP contribution is -2.48. The van der Waals surface area contributed by atoms with E-state index in [4.69, 9.17) is 10.5 Å². The Morgan fingerprint density at radius 2 is 2.39 bits per heavy atom. The second-order valence-corrected chi connectivity index (χ2v) is 4.38. The summed E-state index contributed by atoms with van der Waals surface area (Å²) in [4.78, 5) is 14.1. The molecule has 1 saturated heterocycles. The minimum atomic E-state index is -0.185. The van der Waals surface area contributed by atoms with Crippen LogP contribution in [0.15, 0.2) is 18.2 Å². The van der Waals surface area contributed by atoms with Crippen molar-refractivity contribution in [2.45, 2.75) is 19.4 Å². The third-order valence-electron chi connectivity index (χ3n) is 3.26. The molecule has 18 heavy (non-hydrogen) atoms. The van der Waals surface area contributed by atoms with Crippen molar-refractivity contribution in [3.05, 3.63) is 23.8 Å². The molecule has 0 bridgehead atoms. The minimum Gasteiger partial charge on any atom is -0.505 e. The van der Waals surface area contributed by atoms with E-state index in [2.05, 4.69) is 0 Å². The Morgan fingerprint density at radius 3 is 3.11 bits per heavy atom. The number of nitrogens with zero attached hydrogens (tertiary/aromatic N) is 1. The lowest BCUT2D eigenvalue weighted by molar-refractivity contribution is -0.00293. The van der Waals surface area contributed by atoms with E-state index in [0.717, 1.165) is 6.42 Å². The van der Waals surface area contributed by atoms with Crippen molar-refractivity contribution in [3.63, 3.8) is 0 Å². The number of morpholine rings is 1. The van der Waals surface area contributed by atoms with Crippen LogP contribution in [0.2, 0.25) is 0 Å². The van der Waals surface area contributed by atoms with Gasteiger partial charge in [-0.3, -0.25) is 4.79 Å². The van der Waals surface area contributed by atoms with E-state index in [1.165, 1.54) is 0 Å². The summed E-state index contributed by atoms with van der Waals surface area (Å²) in [6.07, 6.45) is 0.828. The molecule has 2 rings (SSSR count). The predicted molar refractivity (Wildman–Crippen MR) is 68.5 cm³/mol. The maximum atomic E-state index is 12.4. The highest BCUT2D eigenvalue weighted by atomic mass is 16.5. The van der Waals surface area contributed by atoms with Crippen LogP contribution in [0.4, 0.5) is 5.69 Å². The number of anilines is 1. The van der Waals surface area contributed by atoms with Crippen LogP contribution in [0.3, 0.4) is 0 Å². The van der Waals surface area contributed by atoms with Gasteiger partial charge < -0.3 is 20.5 Å². The molecule has 0 saturated carbocycles. The number of benzene rings is 1. The smallest absolute Gasteiger partial charge is 0.258 e. The normalized spacial score (nSPS) is 19.8. The number of carbonyl (C=O) groups excluding carboxylic acids is 1. The third-order valence-corrected chi connectivity index (χ3v) is 3.26. The second-order valence-electron chi connectivity index (χ2n) is 4.38. The van der Waals surface area contributed by atoms with Crippen molar-refractivity contribution in [1.82, 2.24) is 4.90 Å². The first kappa shape index (κ1) is 12.7. The zero-order valence-electron chi connectivity index (χ0n) is 10.4. The molecule has 5 heteroatoms. The molecule has 0 aromatic heterocycles. The average Bonchev–Trinajstić information content (AvgIpc) is 2.41. The summed E-state index contributed by atoms with van der Waals surface area (Å²) in [5.41, 5.74) is 6.09. The lowest BCUT2D eigenvalue weighted by Gasteiger charge is -2.35. The highest BCUT2D eigenvalue weighted by Gasteiger charge is 2.28. The quantitative estimate of drug-likeness (QED) is 0.611. The van der Waals surface area contributed by atoms with Crippen LogP contribution in [0, 0.1) is 0 Å². The number of amides is 1. The Bertz CT molecular complexity index is 448. The van der Waals surface area contributed by atoms with Crippen molar-refractivity contribution < 1.29 is 14.6 Å². The maximum absolute atomic E-state index is 12.4. The number of rotatable bonds is 2. The van der Waals surface area contributed by atoms with Gasteiger partial charge in [-0.05, 0) is 18.6 Å². The molecule has 1 unspecified atom stereocenters. The molecule has 1 aliphatic rings. The number of nitrogen functional groups attached to an aromatic ring is 1. The molecule has 0 radical (unpaired) electrons.